The van der Waals surface area contributed by atoms with Crippen molar-refractivity contribution in [3.05, 3.63) is 53.6 Å². The number of rotatable bonds is 3. The topological polar surface area (TPSA) is 63.6 Å². The number of halogens is 1. The van der Waals surface area contributed by atoms with Gasteiger partial charge in [0.1, 0.15) is 5.75 Å². The highest BCUT2D eigenvalue weighted by molar-refractivity contribution is 6.36. The predicted octanol–water partition coefficient (Wildman–Crippen LogP) is 5.44. The standard InChI is InChI=1S/C22H19ClO4/c23-19-11-5-10-15-18(19)12-13-6-1-2-7-14(13)20(15)27-22(26)17-9-4-3-8-16(17)21(24)25/h1-2,5-7,10-12,16-17H,3-4,8-9H2,(H,24,25). The molecule has 0 aromatic heterocycles. The van der Waals surface area contributed by atoms with Crippen LogP contribution in [0.25, 0.3) is 21.5 Å². The SMILES string of the molecule is O=C(O)C1CCCCC1C(=O)Oc1c2ccccc2cc2c(Cl)cccc12. The third kappa shape index (κ3) is 3.26. The average molecular weight is 383 g/mol. The molecule has 0 saturated heterocycles. The molecule has 138 valence electrons. The first-order valence-electron chi connectivity index (χ1n) is 9.10. The van der Waals surface area contributed by atoms with Gasteiger partial charge in [-0.15, -0.1) is 0 Å². The van der Waals surface area contributed by atoms with Gasteiger partial charge >= 0.3 is 11.9 Å². The van der Waals surface area contributed by atoms with Crippen LogP contribution in [0.4, 0.5) is 0 Å². The Labute approximate surface area is 161 Å². The molecule has 3 aromatic rings. The summed E-state index contributed by atoms with van der Waals surface area (Å²) in [6, 6.07) is 15.1. The minimum absolute atomic E-state index is 0.449. The molecule has 0 aliphatic heterocycles. The summed E-state index contributed by atoms with van der Waals surface area (Å²) >= 11 is 6.36. The van der Waals surface area contributed by atoms with Gasteiger partial charge in [-0.3, -0.25) is 9.59 Å². The minimum atomic E-state index is -0.928. The maximum absolute atomic E-state index is 12.9. The normalized spacial score (nSPS) is 19.9. The number of fused-ring (bicyclic) bond motifs is 2. The van der Waals surface area contributed by atoms with E-state index in [-0.39, 0.29) is 0 Å². The van der Waals surface area contributed by atoms with E-state index < -0.39 is 23.8 Å². The van der Waals surface area contributed by atoms with Crippen molar-refractivity contribution < 1.29 is 19.4 Å². The summed E-state index contributed by atoms with van der Waals surface area (Å²) < 4.78 is 5.85. The van der Waals surface area contributed by atoms with Crippen molar-refractivity contribution in [2.24, 2.45) is 11.8 Å². The Morgan fingerprint density at radius 3 is 2.41 bits per heavy atom. The van der Waals surface area contributed by atoms with Crippen LogP contribution in [0.5, 0.6) is 5.75 Å². The van der Waals surface area contributed by atoms with Crippen molar-refractivity contribution in [2.45, 2.75) is 25.7 Å². The number of carbonyl (C=O) groups excluding carboxylic acids is 1. The Balaban J connectivity index is 1.81. The van der Waals surface area contributed by atoms with Gasteiger partial charge in [0.25, 0.3) is 0 Å². The van der Waals surface area contributed by atoms with Crippen LogP contribution in [0.3, 0.4) is 0 Å². The second-order valence-electron chi connectivity index (χ2n) is 7.02. The molecule has 2 atom stereocenters. The zero-order chi connectivity index (χ0) is 19.0. The van der Waals surface area contributed by atoms with Gasteiger partial charge in [0.15, 0.2) is 0 Å². The number of aliphatic carboxylic acids is 1. The highest BCUT2D eigenvalue weighted by atomic mass is 35.5. The number of hydrogen-bond acceptors (Lipinski definition) is 3. The van der Waals surface area contributed by atoms with Gasteiger partial charge < -0.3 is 9.84 Å². The second-order valence-corrected chi connectivity index (χ2v) is 7.43. The second kappa shape index (κ2) is 7.20. The minimum Gasteiger partial charge on any atom is -0.481 e. The Morgan fingerprint density at radius 2 is 1.63 bits per heavy atom. The fourth-order valence-corrected chi connectivity index (χ4v) is 4.24. The van der Waals surface area contributed by atoms with Gasteiger partial charge in [-0.05, 0) is 30.4 Å². The quantitative estimate of drug-likeness (QED) is 0.372. The molecule has 4 nitrogen and oxygen atoms in total. The smallest absolute Gasteiger partial charge is 0.315 e. The maximum atomic E-state index is 12.9. The molecule has 2 unspecified atom stereocenters. The van der Waals surface area contributed by atoms with E-state index in [0.29, 0.717) is 23.6 Å². The molecular formula is C22H19ClO4. The molecular weight excluding hydrogens is 364 g/mol. The van der Waals surface area contributed by atoms with Crippen molar-refractivity contribution in [2.75, 3.05) is 0 Å². The summed E-state index contributed by atoms with van der Waals surface area (Å²) in [5, 5.41) is 13.3. The zero-order valence-corrected chi connectivity index (χ0v) is 15.4. The fraction of sp³-hybridized carbons (Fsp3) is 0.273. The third-order valence-electron chi connectivity index (χ3n) is 5.39. The van der Waals surface area contributed by atoms with Crippen molar-refractivity contribution in [1.29, 1.82) is 0 Å². The molecule has 27 heavy (non-hydrogen) atoms. The maximum Gasteiger partial charge on any atom is 0.315 e. The number of esters is 1. The van der Waals surface area contributed by atoms with E-state index in [0.717, 1.165) is 34.4 Å². The molecule has 4 rings (SSSR count). The number of carbonyl (C=O) groups is 2. The lowest BCUT2D eigenvalue weighted by molar-refractivity contribution is -0.153. The molecule has 0 radical (unpaired) electrons. The molecule has 0 heterocycles. The first kappa shape index (κ1) is 17.8. The highest BCUT2D eigenvalue weighted by Gasteiger charge is 2.37. The molecule has 1 aliphatic carbocycles. The zero-order valence-electron chi connectivity index (χ0n) is 14.7. The van der Waals surface area contributed by atoms with Gasteiger partial charge in [-0.25, -0.2) is 0 Å². The highest BCUT2D eigenvalue weighted by Crippen LogP contribution is 2.39. The van der Waals surface area contributed by atoms with Crippen LogP contribution in [0.2, 0.25) is 5.02 Å². The van der Waals surface area contributed by atoms with Crippen LogP contribution in [0.1, 0.15) is 25.7 Å². The van der Waals surface area contributed by atoms with Crippen molar-refractivity contribution in [3.63, 3.8) is 0 Å². The molecule has 1 saturated carbocycles. The third-order valence-corrected chi connectivity index (χ3v) is 5.72. The van der Waals surface area contributed by atoms with Crippen LogP contribution in [0, 0.1) is 11.8 Å². The van der Waals surface area contributed by atoms with E-state index in [9.17, 15) is 14.7 Å². The van der Waals surface area contributed by atoms with Gasteiger partial charge in [0.05, 0.1) is 11.8 Å². The summed E-state index contributed by atoms with van der Waals surface area (Å²) in [4.78, 5) is 24.5. The van der Waals surface area contributed by atoms with E-state index in [4.69, 9.17) is 16.3 Å². The molecule has 5 heteroatoms. The predicted molar refractivity (Wildman–Crippen MR) is 105 cm³/mol. The number of benzene rings is 3. The molecule has 1 N–H and O–H groups in total. The first-order valence-corrected chi connectivity index (χ1v) is 9.48. The van der Waals surface area contributed by atoms with E-state index >= 15 is 0 Å². The molecule has 0 amide bonds. The van der Waals surface area contributed by atoms with Gasteiger partial charge in [0.2, 0.25) is 0 Å². The summed E-state index contributed by atoms with van der Waals surface area (Å²) in [5.74, 6) is -2.26. The van der Waals surface area contributed by atoms with E-state index in [1.165, 1.54) is 0 Å². The van der Waals surface area contributed by atoms with Gasteiger partial charge in [-0.1, -0.05) is 60.8 Å². The average Bonchev–Trinajstić information content (AvgIpc) is 2.68. The number of hydrogen-bond donors (Lipinski definition) is 1. The Hall–Kier alpha value is -2.59. The van der Waals surface area contributed by atoms with Crippen molar-refractivity contribution >= 4 is 45.1 Å². The van der Waals surface area contributed by atoms with Gasteiger partial charge in [0, 0.05) is 21.2 Å². The molecule has 1 fully saturated rings. The van der Waals surface area contributed by atoms with Crippen LogP contribution < -0.4 is 4.74 Å². The lowest BCUT2D eigenvalue weighted by atomic mass is 9.79. The van der Waals surface area contributed by atoms with Crippen LogP contribution >= 0.6 is 11.6 Å². The number of carboxylic acids is 1. The fourth-order valence-electron chi connectivity index (χ4n) is 4.01. The Bertz CT molecular complexity index is 1040. The lowest BCUT2D eigenvalue weighted by Gasteiger charge is -2.27. The number of ether oxygens (including phenoxy) is 1. The van der Waals surface area contributed by atoms with Gasteiger partial charge in [-0.2, -0.15) is 0 Å². The summed E-state index contributed by atoms with van der Waals surface area (Å²) in [6.07, 6.45) is 2.72. The molecule has 0 bridgehead atoms. The lowest BCUT2D eigenvalue weighted by Crippen LogP contribution is -2.35. The van der Waals surface area contributed by atoms with E-state index in [1.807, 2.05) is 42.5 Å². The Morgan fingerprint density at radius 1 is 0.926 bits per heavy atom. The first-order chi connectivity index (χ1) is 13.1. The largest absolute Gasteiger partial charge is 0.481 e. The van der Waals surface area contributed by atoms with Crippen LogP contribution in [-0.2, 0) is 9.59 Å². The van der Waals surface area contributed by atoms with Crippen LogP contribution in [-0.4, -0.2) is 17.0 Å². The molecule has 0 spiro atoms. The summed E-state index contributed by atoms with van der Waals surface area (Å²) in [7, 11) is 0. The Kier molecular flexibility index (Phi) is 4.75. The van der Waals surface area contributed by atoms with E-state index in [2.05, 4.69) is 0 Å². The van der Waals surface area contributed by atoms with E-state index in [1.54, 1.807) is 6.07 Å². The summed E-state index contributed by atoms with van der Waals surface area (Å²) in [5.41, 5.74) is 0. The monoisotopic (exact) mass is 382 g/mol. The molecule has 1 aliphatic rings. The van der Waals surface area contributed by atoms with Crippen molar-refractivity contribution in [1.82, 2.24) is 0 Å². The molecule has 3 aromatic carbocycles. The number of carboxylic acid groups (broad SMARTS) is 1. The van der Waals surface area contributed by atoms with Crippen molar-refractivity contribution in [3.8, 4) is 5.75 Å². The van der Waals surface area contributed by atoms with Crippen LogP contribution in [0.15, 0.2) is 48.5 Å². The summed E-state index contributed by atoms with van der Waals surface area (Å²) in [6.45, 7) is 0.